The number of benzene rings is 1. The molecule has 0 atom stereocenters. The van der Waals surface area contributed by atoms with Crippen LogP contribution >= 0.6 is 11.8 Å². The normalized spacial score (nSPS) is 9.72. The van der Waals surface area contributed by atoms with Crippen LogP contribution in [0.4, 0.5) is 5.69 Å². The maximum absolute atomic E-state index is 10.7. The van der Waals surface area contributed by atoms with Crippen molar-refractivity contribution in [1.82, 2.24) is 4.98 Å². The lowest BCUT2D eigenvalue weighted by Gasteiger charge is -2.01. The summed E-state index contributed by atoms with van der Waals surface area (Å²) in [4.78, 5) is 15.0. The Labute approximate surface area is 107 Å². The fourth-order valence-corrected chi connectivity index (χ4v) is 2.17. The standard InChI is InChI=1S/C12H7N3O2S/c13-8-9-7-10(4-5-11(9)15(16)17)18-12-3-1-2-6-14-12/h1-7H. The number of aromatic nitrogens is 1. The smallest absolute Gasteiger partial charge is 0.258 e. The van der Waals surface area contributed by atoms with Gasteiger partial charge in [-0.3, -0.25) is 10.1 Å². The zero-order valence-electron chi connectivity index (χ0n) is 9.11. The van der Waals surface area contributed by atoms with Crippen molar-refractivity contribution >= 4 is 17.4 Å². The number of nitro benzene ring substituents is 1. The van der Waals surface area contributed by atoms with Gasteiger partial charge in [0.15, 0.2) is 0 Å². The predicted octanol–water partition coefficient (Wildman–Crippen LogP) is 3.01. The molecule has 0 radical (unpaired) electrons. The summed E-state index contributed by atoms with van der Waals surface area (Å²) in [7, 11) is 0. The lowest BCUT2D eigenvalue weighted by molar-refractivity contribution is -0.385. The molecule has 0 aliphatic heterocycles. The average molecular weight is 257 g/mol. The summed E-state index contributed by atoms with van der Waals surface area (Å²) < 4.78 is 0. The molecule has 1 heterocycles. The third-order valence-electron chi connectivity index (χ3n) is 2.15. The van der Waals surface area contributed by atoms with Gasteiger partial charge in [-0.05, 0) is 24.3 Å². The summed E-state index contributed by atoms with van der Waals surface area (Å²) in [5.41, 5.74) is -0.121. The number of nitrogens with zero attached hydrogens (tertiary/aromatic N) is 3. The summed E-state index contributed by atoms with van der Waals surface area (Å²) in [6.07, 6.45) is 1.67. The second-order valence-electron chi connectivity index (χ2n) is 3.32. The molecule has 1 aromatic carbocycles. The monoisotopic (exact) mass is 257 g/mol. The zero-order valence-corrected chi connectivity index (χ0v) is 9.92. The molecular weight excluding hydrogens is 250 g/mol. The van der Waals surface area contributed by atoms with Gasteiger partial charge in [0.25, 0.3) is 5.69 Å². The van der Waals surface area contributed by atoms with E-state index in [1.54, 1.807) is 18.3 Å². The van der Waals surface area contributed by atoms with E-state index in [0.717, 1.165) is 9.92 Å². The van der Waals surface area contributed by atoms with E-state index in [1.807, 2.05) is 18.2 Å². The van der Waals surface area contributed by atoms with E-state index in [9.17, 15) is 10.1 Å². The minimum atomic E-state index is -0.562. The minimum absolute atomic E-state index is 0.0564. The third-order valence-corrected chi connectivity index (χ3v) is 3.09. The van der Waals surface area contributed by atoms with E-state index < -0.39 is 4.92 Å². The lowest BCUT2D eigenvalue weighted by atomic mass is 10.2. The van der Waals surface area contributed by atoms with Gasteiger partial charge in [0.2, 0.25) is 0 Å². The predicted molar refractivity (Wildman–Crippen MR) is 66.2 cm³/mol. The fraction of sp³-hybridized carbons (Fsp3) is 0. The van der Waals surface area contributed by atoms with Crippen LogP contribution in [-0.4, -0.2) is 9.91 Å². The van der Waals surface area contributed by atoms with Crippen molar-refractivity contribution in [1.29, 1.82) is 5.26 Å². The highest BCUT2D eigenvalue weighted by atomic mass is 32.2. The van der Waals surface area contributed by atoms with Gasteiger partial charge in [-0.2, -0.15) is 5.26 Å². The van der Waals surface area contributed by atoms with Crippen molar-refractivity contribution in [3.05, 3.63) is 58.3 Å². The Morgan fingerprint density at radius 1 is 1.33 bits per heavy atom. The molecule has 18 heavy (non-hydrogen) atoms. The molecular formula is C12H7N3O2S. The highest BCUT2D eigenvalue weighted by Crippen LogP contribution is 2.29. The van der Waals surface area contributed by atoms with Crippen LogP contribution in [0, 0.1) is 21.4 Å². The zero-order chi connectivity index (χ0) is 13.0. The fourth-order valence-electron chi connectivity index (χ4n) is 1.36. The molecule has 88 valence electrons. The maximum atomic E-state index is 10.7. The molecule has 0 N–H and O–H groups in total. The van der Waals surface area contributed by atoms with Crippen molar-refractivity contribution in [2.24, 2.45) is 0 Å². The number of rotatable bonds is 3. The molecule has 2 rings (SSSR count). The molecule has 0 fully saturated rings. The largest absolute Gasteiger partial charge is 0.287 e. The van der Waals surface area contributed by atoms with Gasteiger partial charge in [0, 0.05) is 17.2 Å². The van der Waals surface area contributed by atoms with Crippen molar-refractivity contribution in [3.8, 4) is 6.07 Å². The first-order valence-corrected chi connectivity index (χ1v) is 5.80. The average Bonchev–Trinajstić information content (AvgIpc) is 2.39. The first-order valence-electron chi connectivity index (χ1n) is 4.98. The summed E-state index contributed by atoms with van der Waals surface area (Å²) >= 11 is 1.35. The molecule has 0 saturated heterocycles. The number of hydrogen-bond acceptors (Lipinski definition) is 5. The van der Waals surface area contributed by atoms with Gasteiger partial charge in [0.1, 0.15) is 16.7 Å². The van der Waals surface area contributed by atoms with Gasteiger partial charge in [0.05, 0.1) is 4.92 Å². The van der Waals surface area contributed by atoms with Gasteiger partial charge in [-0.25, -0.2) is 4.98 Å². The Kier molecular flexibility index (Phi) is 3.55. The topological polar surface area (TPSA) is 79.8 Å². The van der Waals surface area contributed by atoms with Crippen molar-refractivity contribution in [3.63, 3.8) is 0 Å². The van der Waals surface area contributed by atoms with E-state index in [2.05, 4.69) is 4.98 Å². The Hall–Kier alpha value is -2.39. The van der Waals surface area contributed by atoms with Gasteiger partial charge >= 0.3 is 0 Å². The van der Waals surface area contributed by atoms with E-state index in [0.29, 0.717) is 0 Å². The van der Waals surface area contributed by atoms with Crippen LogP contribution in [0.3, 0.4) is 0 Å². The molecule has 0 saturated carbocycles. The Balaban J connectivity index is 2.32. The molecule has 0 unspecified atom stereocenters. The lowest BCUT2D eigenvalue weighted by Crippen LogP contribution is -1.92. The van der Waals surface area contributed by atoms with Gasteiger partial charge in [-0.1, -0.05) is 17.8 Å². The summed E-state index contributed by atoms with van der Waals surface area (Å²) in [6.45, 7) is 0. The van der Waals surface area contributed by atoms with Crippen LogP contribution in [-0.2, 0) is 0 Å². The van der Waals surface area contributed by atoms with E-state index in [-0.39, 0.29) is 11.3 Å². The Morgan fingerprint density at radius 2 is 2.17 bits per heavy atom. The number of hydrogen-bond donors (Lipinski definition) is 0. The van der Waals surface area contributed by atoms with Crippen LogP contribution < -0.4 is 0 Å². The highest BCUT2D eigenvalue weighted by molar-refractivity contribution is 7.99. The molecule has 6 heteroatoms. The molecule has 0 spiro atoms. The second kappa shape index (κ2) is 5.29. The van der Waals surface area contributed by atoms with Crippen LogP contribution in [0.2, 0.25) is 0 Å². The Bertz CT molecular complexity index is 623. The molecule has 0 aliphatic rings. The molecule has 0 bridgehead atoms. The molecule has 0 aliphatic carbocycles. The van der Waals surface area contributed by atoms with Crippen molar-refractivity contribution in [2.75, 3.05) is 0 Å². The molecule has 1 aromatic heterocycles. The van der Waals surface area contributed by atoms with Crippen molar-refractivity contribution < 1.29 is 4.92 Å². The summed E-state index contributed by atoms with van der Waals surface area (Å²) in [6, 6.07) is 11.8. The van der Waals surface area contributed by atoms with E-state index in [4.69, 9.17) is 5.26 Å². The molecule has 0 amide bonds. The van der Waals surface area contributed by atoms with E-state index >= 15 is 0 Å². The number of nitro groups is 1. The minimum Gasteiger partial charge on any atom is -0.258 e. The summed E-state index contributed by atoms with van der Waals surface area (Å²) in [5, 5.41) is 20.3. The number of pyridine rings is 1. The van der Waals surface area contributed by atoms with Gasteiger partial charge in [-0.15, -0.1) is 0 Å². The maximum Gasteiger partial charge on any atom is 0.287 e. The molecule has 2 aromatic rings. The number of nitriles is 1. The first-order chi connectivity index (χ1) is 8.70. The third kappa shape index (κ3) is 2.64. The van der Waals surface area contributed by atoms with Crippen molar-refractivity contribution in [2.45, 2.75) is 9.92 Å². The van der Waals surface area contributed by atoms with Gasteiger partial charge < -0.3 is 0 Å². The quantitative estimate of drug-likeness (QED) is 0.623. The SMILES string of the molecule is N#Cc1cc(Sc2ccccn2)ccc1[N+](=O)[O-]. The van der Waals surface area contributed by atoms with Crippen LogP contribution in [0.1, 0.15) is 5.56 Å². The highest BCUT2D eigenvalue weighted by Gasteiger charge is 2.14. The van der Waals surface area contributed by atoms with Crippen LogP contribution in [0.15, 0.2) is 52.5 Å². The van der Waals surface area contributed by atoms with Crippen LogP contribution in [0.5, 0.6) is 0 Å². The van der Waals surface area contributed by atoms with E-state index in [1.165, 1.54) is 23.9 Å². The Morgan fingerprint density at radius 3 is 2.78 bits per heavy atom. The first kappa shape index (κ1) is 12.1. The van der Waals surface area contributed by atoms with Crippen LogP contribution in [0.25, 0.3) is 0 Å². The molecule has 5 nitrogen and oxygen atoms in total. The second-order valence-corrected chi connectivity index (χ2v) is 4.41. The summed E-state index contributed by atoms with van der Waals surface area (Å²) in [5.74, 6) is 0.